The summed E-state index contributed by atoms with van der Waals surface area (Å²) in [6.45, 7) is -0.253. The zero-order valence-corrected chi connectivity index (χ0v) is 26.6. The van der Waals surface area contributed by atoms with Crippen LogP contribution in [-0.4, -0.2) is 53.4 Å². The molecule has 13 nitrogen and oxygen atoms in total. The van der Waals surface area contributed by atoms with Crippen LogP contribution in [0.5, 0.6) is 0 Å². The number of methoxy groups -OCH3 is 1. The zero-order valence-electron chi connectivity index (χ0n) is 26.6. The number of nitrogens with one attached hydrogen (secondary N) is 3. The molecule has 252 valence electrons. The van der Waals surface area contributed by atoms with Gasteiger partial charge in [0.15, 0.2) is 0 Å². The topological polar surface area (TPSA) is 192 Å². The number of nitrogens with zero attached hydrogens (tertiary/aromatic N) is 1. The molecule has 4 aliphatic carbocycles. The van der Waals surface area contributed by atoms with Gasteiger partial charge in [0.25, 0.3) is 11.5 Å². The number of aromatic nitrogens is 1. The number of fused-ring (bicyclic) bond motifs is 1. The van der Waals surface area contributed by atoms with Crippen molar-refractivity contribution in [2.75, 3.05) is 12.4 Å². The van der Waals surface area contributed by atoms with Crippen molar-refractivity contribution >= 4 is 46.3 Å². The molecule has 4 bridgehead atoms. The molecule has 4 aliphatic rings. The van der Waals surface area contributed by atoms with Crippen molar-refractivity contribution in [1.29, 1.82) is 0 Å². The summed E-state index contributed by atoms with van der Waals surface area (Å²) >= 11 is 0. The van der Waals surface area contributed by atoms with Gasteiger partial charge >= 0.3 is 5.97 Å². The molecule has 7 rings (SSSR count). The van der Waals surface area contributed by atoms with Crippen LogP contribution < -0.4 is 27.2 Å². The Bertz CT molecular complexity index is 1830. The second-order valence-corrected chi connectivity index (χ2v) is 13.3. The Kier molecular flexibility index (Phi) is 9.20. The van der Waals surface area contributed by atoms with E-state index in [0.717, 1.165) is 24.6 Å². The third-order valence-electron chi connectivity index (χ3n) is 10.1. The number of carbonyl (C=O) groups excluding carboxylic acids is 5. The second-order valence-electron chi connectivity index (χ2n) is 13.3. The predicted molar refractivity (Wildman–Crippen MR) is 174 cm³/mol. The minimum atomic E-state index is -1.08. The Hall–Kier alpha value is -5.20. The fourth-order valence-electron chi connectivity index (χ4n) is 8.04. The Morgan fingerprint density at radius 1 is 1.10 bits per heavy atom. The minimum absolute atomic E-state index is 0.0605. The zero-order chi connectivity index (χ0) is 34.0. The molecule has 48 heavy (non-hydrogen) atoms. The quantitative estimate of drug-likeness (QED) is 0.169. The van der Waals surface area contributed by atoms with Crippen LogP contribution in [0.25, 0.3) is 11.0 Å². The maximum atomic E-state index is 13.5. The summed E-state index contributed by atoms with van der Waals surface area (Å²) in [7, 11) is 1.25. The lowest BCUT2D eigenvalue weighted by molar-refractivity contribution is -0.147. The molecule has 2 aromatic heterocycles. The van der Waals surface area contributed by atoms with Crippen LogP contribution in [0.3, 0.4) is 0 Å². The number of ether oxygens (including phenoxy) is 1. The maximum Gasteiger partial charge on any atom is 0.330 e. The van der Waals surface area contributed by atoms with E-state index in [0.29, 0.717) is 24.3 Å². The number of hydrogen-bond donors (Lipinski definition) is 4. The summed E-state index contributed by atoms with van der Waals surface area (Å²) in [5, 5.41) is 9.27. The predicted octanol–water partition coefficient (Wildman–Crippen LogP) is 2.64. The molecule has 3 atom stereocenters. The highest BCUT2D eigenvalue weighted by molar-refractivity contribution is 6.02. The van der Waals surface area contributed by atoms with Crippen LogP contribution in [0.2, 0.25) is 0 Å². The van der Waals surface area contributed by atoms with Gasteiger partial charge in [0, 0.05) is 34.7 Å². The molecule has 4 fully saturated rings. The number of pyridine rings is 1. The van der Waals surface area contributed by atoms with Crippen molar-refractivity contribution in [2.24, 2.45) is 28.9 Å². The smallest absolute Gasteiger partial charge is 0.330 e. The lowest BCUT2D eigenvalue weighted by atomic mass is 9.47. The second kappa shape index (κ2) is 13.5. The fraction of sp³-hybridized carbons (Fsp3) is 0.429. The van der Waals surface area contributed by atoms with Gasteiger partial charge in [-0.05, 0) is 93.0 Å². The number of nitrogens with two attached hydrogens (primary N) is 1. The molecule has 4 amide bonds. The van der Waals surface area contributed by atoms with Crippen LogP contribution in [-0.2, 0) is 30.5 Å². The van der Waals surface area contributed by atoms with E-state index < -0.39 is 34.8 Å². The van der Waals surface area contributed by atoms with E-state index >= 15 is 0 Å². The molecule has 2 unspecified atom stereocenters. The van der Waals surface area contributed by atoms with Gasteiger partial charge in [-0.15, -0.1) is 0 Å². The highest BCUT2D eigenvalue weighted by atomic mass is 16.5. The lowest BCUT2D eigenvalue weighted by Crippen LogP contribution is -2.62. The summed E-state index contributed by atoms with van der Waals surface area (Å²) < 4.78 is 11.2. The monoisotopic (exact) mass is 657 g/mol. The molecular formula is C35H39N5O8. The highest BCUT2D eigenvalue weighted by Crippen LogP contribution is 2.59. The molecule has 1 aromatic carbocycles. The highest BCUT2D eigenvalue weighted by Gasteiger charge is 2.58. The number of furan rings is 1. The molecular weight excluding hydrogens is 618 g/mol. The van der Waals surface area contributed by atoms with Crippen LogP contribution in [0, 0.1) is 23.2 Å². The van der Waals surface area contributed by atoms with Gasteiger partial charge in [-0.1, -0.05) is 12.1 Å². The molecule has 0 spiro atoms. The van der Waals surface area contributed by atoms with Gasteiger partial charge in [0.05, 0.1) is 13.4 Å². The first-order valence-corrected chi connectivity index (χ1v) is 16.2. The van der Waals surface area contributed by atoms with Gasteiger partial charge < -0.3 is 35.4 Å². The Morgan fingerprint density at radius 2 is 1.88 bits per heavy atom. The normalized spacial score (nSPS) is 24.7. The van der Waals surface area contributed by atoms with E-state index in [-0.39, 0.29) is 60.3 Å². The molecule has 2 heterocycles. The Balaban J connectivity index is 1.12. The van der Waals surface area contributed by atoms with E-state index in [1.165, 1.54) is 42.4 Å². The van der Waals surface area contributed by atoms with E-state index in [1.807, 2.05) is 0 Å². The number of carbonyl (C=O) groups is 5. The third-order valence-corrected chi connectivity index (χ3v) is 10.1. The average molecular weight is 658 g/mol. The van der Waals surface area contributed by atoms with E-state index in [1.54, 1.807) is 30.3 Å². The molecule has 0 aliphatic heterocycles. The Morgan fingerprint density at radius 3 is 2.60 bits per heavy atom. The molecule has 0 radical (unpaired) electrons. The number of benzene rings is 1. The van der Waals surface area contributed by atoms with E-state index in [2.05, 4.69) is 20.7 Å². The number of amides is 4. The first-order valence-electron chi connectivity index (χ1n) is 16.2. The fourth-order valence-corrected chi connectivity index (χ4v) is 8.04. The molecule has 3 aromatic rings. The number of allylic oxidation sites excluding steroid dienone is 1. The van der Waals surface area contributed by atoms with E-state index in [9.17, 15) is 28.8 Å². The van der Waals surface area contributed by atoms with Crippen molar-refractivity contribution in [2.45, 2.75) is 63.6 Å². The first kappa shape index (κ1) is 32.7. The number of esters is 1. The number of hydrogen-bond acceptors (Lipinski definition) is 8. The maximum absolute atomic E-state index is 13.5. The summed E-state index contributed by atoms with van der Waals surface area (Å²) in [4.78, 5) is 77.0. The SMILES string of the molecule is COC(=O)/C=C/CC[C@H](NC(=O)c1ccc2ccoc2c1)C(=O)Nc1cccn(CC(=O)NC2C3CC4CC2CC(C(N)=O)(C4)C3)c1=O. The lowest BCUT2D eigenvalue weighted by Gasteiger charge is -2.58. The van der Waals surface area contributed by atoms with Crippen LogP contribution >= 0.6 is 0 Å². The van der Waals surface area contributed by atoms with Crippen molar-refractivity contribution in [3.63, 3.8) is 0 Å². The van der Waals surface area contributed by atoms with Gasteiger partial charge in [-0.25, -0.2) is 4.79 Å². The molecule has 5 N–H and O–H groups in total. The first-order chi connectivity index (χ1) is 23.0. The average Bonchev–Trinajstić information content (AvgIpc) is 3.53. The summed E-state index contributed by atoms with van der Waals surface area (Å²) in [6, 6.07) is 8.49. The van der Waals surface area contributed by atoms with Crippen molar-refractivity contribution < 1.29 is 33.1 Å². The van der Waals surface area contributed by atoms with Gasteiger partial charge in [-0.3, -0.25) is 24.0 Å². The van der Waals surface area contributed by atoms with Gasteiger partial charge in [0.1, 0.15) is 23.9 Å². The summed E-state index contributed by atoms with van der Waals surface area (Å²) in [5.41, 5.74) is 5.47. The van der Waals surface area contributed by atoms with Crippen LogP contribution in [0.1, 0.15) is 55.3 Å². The number of primary amides is 1. The van der Waals surface area contributed by atoms with Crippen LogP contribution in [0.4, 0.5) is 5.69 Å². The minimum Gasteiger partial charge on any atom is -0.466 e. The molecule has 0 saturated heterocycles. The standard InChI is InChI=1S/C35H39N5O8/c1-47-29(42)7-3-2-5-25(37-31(43)22-9-8-21-10-12-48-27(21)15-22)32(44)38-26-6-4-11-40(33(26)45)19-28(41)39-30-23-13-20-14-24(30)18-35(16-20,17-23)34(36)46/h3-4,6-12,15,20,23-25,30H,2,5,13-14,16-19H2,1H3,(H2,36,46)(H,37,43)(H,38,44)(H,39,41)/b7-3+/t20?,23?,24?,25-,30?,35?/m0/s1. The number of rotatable bonds is 12. The largest absolute Gasteiger partial charge is 0.466 e. The molecule has 4 saturated carbocycles. The summed E-state index contributed by atoms with van der Waals surface area (Å²) in [6.07, 6.45) is 10.2. The van der Waals surface area contributed by atoms with Crippen molar-refractivity contribution in [3.8, 4) is 0 Å². The van der Waals surface area contributed by atoms with Crippen molar-refractivity contribution in [1.82, 2.24) is 15.2 Å². The Labute approximate surface area is 276 Å². The third kappa shape index (κ3) is 6.76. The molecule has 13 heteroatoms. The number of anilines is 1. The van der Waals surface area contributed by atoms with Gasteiger partial charge in [0.2, 0.25) is 17.7 Å². The van der Waals surface area contributed by atoms with Crippen LogP contribution in [0.15, 0.2) is 70.2 Å². The van der Waals surface area contributed by atoms with E-state index in [4.69, 9.17) is 10.2 Å². The van der Waals surface area contributed by atoms with Gasteiger partial charge in [-0.2, -0.15) is 0 Å². The summed E-state index contributed by atoms with van der Waals surface area (Å²) in [5.74, 6) is -1.52. The van der Waals surface area contributed by atoms with Crippen molar-refractivity contribution in [3.05, 3.63) is 76.9 Å².